The lowest BCUT2D eigenvalue weighted by Gasteiger charge is -2.32. The van der Waals surface area contributed by atoms with Crippen molar-refractivity contribution in [2.45, 2.75) is 0 Å². The second-order valence-corrected chi connectivity index (χ2v) is 6.29. The molecule has 0 saturated carbocycles. The van der Waals surface area contributed by atoms with Gasteiger partial charge in [-0.3, -0.25) is 0 Å². The maximum Gasteiger partial charge on any atom is 0.261 e. The molecule has 0 saturated heterocycles. The molecule has 0 N–H and O–H groups in total. The summed E-state index contributed by atoms with van der Waals surface area (Å²) >= 11 is 0. The van der Waals surface area contributed by atoms with Crippen LogP contribution in [0.1, 0.15) is 0 Å². The lowest BCUT2D eigenvalue weighted by atomic mass is 9.34. The lowest BCUT2D eigenvalue weighted by molar-refractivity contribution is 0.437. The predicted octanol–water partition coefficient (Wildman–Crippen LogP) is 3.47. The van der Waals surface area contributed by atoms with Crippen molar-refractivity contribution in [3.8, 4) is 17.2 Å². The first-order valence-electron chi connectivity index (χ1n) is 8.07. The predicted molar refractivity (Wildman–Crippen MR) is 95.8 cm³/mol. The molecule has 3 aromatic carbocycles. The number of hydrogen-bond donors (Lipinski definition) is 0. The van der Waals surface area contributed by atoms with E-state index in [1.165, 1.54) is 5.46 Å². The molecular weight excluding hydrogens is 295 g/mol. The van der Waals surface area contributed by atoms with Crippen molar-refractivity contribution in [1.29, 1.82) is 0 Å². The molecule has 3 aliphatic rings. The zero-order valence-corrected chi connectivity index (χ0v) is 12.7. The number of benzene rings is 3. The van der Waals surface area contributed by atoms with Crippen molar-refractivity contribution in [2.24, 2.45) is 0 Å². The Bertz CT molecular complexity index is 1150. The first kappa shape index (κ1) is 12.3. The molecule has 0 bridgehead atoms. The van der Waals surface area contributed by atoms with Crippen LogP contribution in [-0.2, 0) is 0 Å². The highest BCUT2D eigenvalue weighted by atomic mass is 16.5. The maximum absolute atomic E-state index is 6.34. The molecular formula is C21H11BO2. The van der Waals surface area contributed by atoms with Crippen molar-refractivity contribution in [3.05, 3.63) is 83.7 Å². The van der Waals surface area contributed by atoms with Gasteiger partial charge < -0.3 is 9.47 Å². The van der Waals surface area contributed by atoms with Crippen LogP contribution in [0.4, 0.5) is 0 Å². The molecule has 110 valence electrons. The fourth-order valence-electron chi connectivity index (χ4n) is 3.97. The van der Waals surface area contributed by atoms with E-state index >= 15 is 0 Å². The van der Waals surface area contributed by atoms with Gasteiger partial charge in [-0.15, -0.1) is 5.73 Å². The van der Waals surface area contributed by atoms with E-state index in [2.05, 4.69) is 42.1 Å². The molecule has 0 radical (unpaired) electrons. The van der Waals surface area contributed by atoms with Gasteiger partial charge in [0.1, 0.15) is 23.0 Å². The summed E-state index contributed by atoms with van der Waals surface area (Å²) in [6.07, 6.45) is 3.95. The molecule has 24 heavy (non-hydrogen) atoms. The topological polar surface area (TPSA) is 18.5 Å². The largest absolute Gasteiger partial charge is 0.458 e. The summed E-state index contributed by atoms with van der Waals surface area (Å²) in [5.41, 5.74) is 6.66. The first-order chi connectivity index (χ1) is 11.9. The van der Waals surface area contributed by atoms with Gasteiger partial charge in [0.25, 0.3) is 6.71 Å². The van der Waals surface area contributed by atoms with E-state index in [1.54, 1.807) is 0 Å². The summed E-state index contributed by atoms with van der Waals surface area (Å²) in [5, 5.41) is 2.25. The van der Waals surface area contributed by atoms with Crippen molar-refractivity contribution >= 4 is 28.4 Å². The molecule has 1 aliphatic carbocycles. The standard InChI is InChI=1S/C21H11BO2/c1-2-7-14-13(6-1)12-19-20-21(14)24-18-10-4-3-8-15(18)22(20)16-9-5-11-17(16)23-19/h1-4,6-12H. The van der Waals surface area contributed by atoms with E-state index in [-0.39, 0.29) is 6.71 Å². The third-order valence-corrected chi connectivity index (χ3v) is 5.00. The monoisotopic (exact) mass is 306 g/mol. The number of rotatable bonds is 0. The Morgan fingerprint density at radius 2 is 1.71 bits per heavy atom. The van der Waals surface area contributed by atoms with E-state index in [0.29, 0.717) is 0 Å². The summed E-state index contributed by atoms with van der Waals surface area (Å²) in [4.78, 5) is 0. The highest BCUT2D eigenvalue weighted by Crippen LogP contribution is 2.40. The van der Waals surface area contributed by atoms with Crippen molar-refractivity contribution in [1.82, 2.24) is 0 Å². The van der Waals surface area contributed by atoms with Gasteiger partial charge in [0.15, 0.2) is 0 Å². The Kier molecular flexibility index (Phi) is 2.16. The van der Waals surface area contributed by atoms with E-state index in [9.17, 15) is 0 Å². The van der Waals surface area contributed by atoms with Crippen LogP contribution < -0.4 is 20.4 Å². The Morgan fingerprint density at radius 1 is 0.833 bits per heavy atom. The van der Waals surface area contributed by atoms with Gasteiger partial charge in [-0.1, -0.05) is 42.5 Å². The average Bonchev–Trinajstić information content (AvgIpc) is 3.09. The summed E-state index contributed by atoms with van der Waals surface area (Å²) in [5.74, 6) is 3.62. The zero-order chi connectivity index (χ0) is 15.7. The molecule has 2 heterocycles. The van der Waals surface area contributed by atoms with Gasteiger partial charge in [-0.2, -0.15) is 0 Å². The molecule has 6 rings (SSSR count). The minimum absolute atomic E-state index is 0.138. The van der Waals surface area contributed by atoms with Crippen LogP contribution in [0.2, 0.25) is 0 Å². The maximum atomic E-state index is 6.34. The van der Waals surface area contributed by atoms with Crippen molar-refractivity contribution < 1.29 is 9.47 Å². The Hall–Kier alpha value is -3.16. The van der Waals surface area contributed by atoms with Gasteiger partial charge in [-0.25, -0.2) is 0 Å². The third kappa shape index (κ3) is 1.43. The second-order valence-electron chi connectivity index (χ2n) is 6.29. The minimum atomic E-state index is 0.138. The molecule has 3 heteroatoms. The quantitative estimate of drug-likeness (QED) is 0.468. The number of para-hydroxylation sites is 1. The number of hydrogen-bond acceptors (Lipinski definition) is 2. The van der Waals surface area contributed by atoms with Gasteiger partial charge in [-0.05, 0) is 34.5 Å². The molecule has 0 spiro atoms. The fraction of sp³-hybridized carbons (Fsp3) is 0. The van der Waals surface area contributed by atoms with Crippen LogP contribution in [0, 0.1) is 0 Å². The van der Waals surface area contributed by atoms with Gasteiger partial charge in [0, 0.05) is 16.9 Å². The summed E-state index contributed by atoms with van der Waals surface area (Å²) in [6, 6.07) is 18.7. The van der Waals surface area contributed by atoms with Crippen LogP contribution in [0.25, 0.3) is 10.8 Å². The normalized spacial score (nSPS) is 15.8. The molecule has 2 nitrogen and oxygen atoms in total. The van der Waals surface area contributed by atoms with E-state index in [4.69, 9.17) is 9.47 Å². The summed E-state index contributed by atoms with van der Waals surface area (Å²) < 4.78 is 12.5. The third-order valence-electron chi connectivity index (χ3n) is 5.00. The highest BCUT2D eigenvalue weighted by molar-refractivity contribution is 6.94. The Morgan fingerprint density at radius 3 is 2.71 bits per heavy atom. The number of allylic oxidation sites excluding steroid dienone is 2. The van der Waals surface area contributed by atoms with Crippen LogP contribution >= 0.6 is 0 Å². The van der Waals surface area contributed by atoms with Crippen LogP contribution in [0.3, 0.4) is 0 Å². The number of fused-ring (bicyclic) bond motifs is 5. The van der Waals surface area contributed by atoms with Gasteiger partial charge >= 0.3 is 0 Å². The van der Waals surface area contributed by atoms with E-state index in [0.717, 1.165) is 44.7 Å². The molecule has 0 fully saturated rings. The SMILES string of the molecule is C1=CC2=C(C=1)B1c3ccccc3Oc3c1c(cc1ccccc31)O2. The zero-order valence-electron chi connectivity index (χ0n) is 12.7. The molecule has 0 atom stereocenters. The number of ether oxygens (including phenoxy) is 2. The van der Waals surface area contributed by atoms with E-state index in [1.807, 2.05) is 30.4 Å². The van der Waals surface area contributed by atoms with Gasteiger partial charge in [0.05, 0.1) is 0 Å². The van der Waals surface area contributed by atoms with Crippen molar-refractivity contribution in [3.63, 3.8) is 0 Å². The highest BCUT2D eigenvalue weighted by Gasteiger charge is 2.41. The molecule has 0 aromatic heterocycles. The second kappa shape index (κ2) is 4.22. The molecule has 0 amide bonds. The van der Waals surface area contributed by atoms with Crippen LogP contribution in [-0.4, -0.2) is 6.71 Å². The average molecular weight is 306 g/mol. The van der Waals surface area contributed by atoms with Gasteiger partial charge in [0.2, 0.25) is 0 Å². The first-order valence-corrected chi connectivity index (χ1v) is 8.07. The van der Waals surface area contributed by atoms with Crippen molar-refractivity contribution in [2.75, 3.05) is 0 Å². The molecule has 0 unspecified atom stereocenters. The molecule has 3 aromatic rings. The van der Waals surface area contributed by atoms with Crippen LogP contribution in [0.5, 0.6) is 17.2 Å². The summed E-state index contributed by atoms with van der Waals surface area (Å²) in [7, 11) is 0. The Balaban J connectivity index is 1.76. The fourth-order valence-corrected chi connectivity index (χ4v) is 3.97. The van der Waals surface area contributed by atoms with E-state index < -0.39 is 0 Å². The Labute approximate surface area is 139 Å². The lowest BCUT2D eigenvalue weighted by Crippen LogP contribution is -2.50. The summed E-state index contributed by atoms with van der Waals surface area (Å²) in [6.45, 7) is 0.138. The smallest absolute Gasteiger partial charge is 0.261 e. The minimum Gasteiger partial charge on any atom is -0.458 e. The van der Waals surface area contributed by atoms with Crippen LogP contribution in [0.15, 0.2) is 83.7 Å². The molecule has 2 aliphatic heterocycles.